The minimum absolute atomic E-state index is 0.332. The maximum Gasteiger partial charge on any atom is 0.328 e. The summed E-state index contributed by atoms with van der Waals surface area (Å²) in [6, 6.07) is -6.42. The maximum absolute atomic E-state index is 13.2. The number of aliphatic hydroxyl groups is 1. The Morgan fingerprint density at radius 1 is 0.628 bits per heavy atom. The van der Waals surface area contributed by atoms with Gasteiger partial charge in [-0.15, -0.1) is 0 Å². The van der Waals surface area contributed by atoms with Crippen LogP contribution in [0.1, 0.15) is 45.4 Å². The highest BCUT2D eigenvalue weighted by Crippen LogP contribution is 2.06. The topological polar surface area (TPSA) is 358 Å². The van der Waals surface area contributed by atoms with Gasteiger partial charge in [0, 0.05) is 19.3 Å². The number of amides is 8. The van der Waals surface area contributed by atoms with Gasteiger partial charge < -0.3 is 59.7 Å². The summed E-state index contributed by atoms with van der Waals surface area (Å²) >= 11 is 0. The van der Waals surface area contributed by atoms with Gasteiger partial charge >= 0.3 is 5.97 Å². The summed E-state index contributed by atoms with van der Waals surface area (Å²) < 4.78 is 0. The quantitative estimate of drug-likeness (QED) is 0.0572. The van der Waals surface area contributed by atoms with Crippen molar-refractivity contribution < 1.29 is 53.4 Å². The number of primary amides is 3. The van der Waals surface area contributed by atoms with E-state index in [9.17, 15) is 53.4 Å². The zero-order valence-corrected chi connectivity index (χ0v) is 23.4. The van der Waals surface area contributed by atoms with Crippen molar-refractivity contribution in [2.24, 2.45) is 22.9 Å². The van der Waals surface area contributed by atoms with Crippen molar-refractivity contribution in [1.82, 2.24) is 26.6 Å². The van der Waals surface area contributed by atoms with Crippen LogP contribution in [-0.2, 0) is 43.2 Å². The second-order valence-corrected chi connectivity index (χ2v) is 9.30. The van der Waals surface area contributed by atoms with Crippen LogP contribution >= 0.6 is 0 Å². The molecular formula is C23H39N9O11. The van der Waals surface area contributed by atoms with Crippen molar-refractivity contribution in [2.75, 3.05) is 13.1 Å². The Balaban J connectivity index is 5.97. The molecule has 0 aliphatic carbocycles. The molecule has 5 atom stereocenters. The van der Waals surface area contributed by atoms with Crippen molar-refractivity contribution in [3.63, 3.8) is 0 Å². The fraction of sp³-hybridized carbons (Fsp3) is 0.609. The molecule has 0 aliphatic heterocycles. The number of hydrogen-bond acceptors (Lipinski definition) is 11. The number of rotatable bonds is 21. The molecule has 0 aromatic heterocycles. The fourth-order valence-corrected chi connectivity index (χ4v) is 3.35. The number of hydrogen-bond donors (Lipinski definition) is 11. The Kier molecular flexibility index (Phi) is 17.1. The zero-order valence-electron chi connectivity index (χ0n) is 23.4. The van der Waals surface area contributed by atoms with Gasteiger partial charge in [-0.05, 0) is 26.2 Å². The van der Waals surface area contributed by atoms with Gasteiger partial charge in [0.2, 0.25) is 47.3 Å². The van der Waals surface area contributed by atoms with E-state index in [-0.39, 0.29) is 12.8 Å². The molecule has 20 heteroatoms. The van der Waals surface area contributed by atoms with E-state index in [0.29, 0.717) is 0 Å². The molecule has 0 aromatic rings. The monoisotopic (exact) mass is 617 g/mol. The van der Waals surface area contributed by atoms with Gasteiger partial charge in [-0.1, -0.05) is 0 Å². The third-order valence-corrected chi connectivity index (χ3v) is 5.63. The third kappa shape index (κ3) is 16.2. The van der Waals surface area contributed by atoms with E-state index in [2.05, 4.69) is 21.3 Å². The molecule has 0 aliphatic rings. The first kappa shape index (κ1) is 38.1. The standard InChI is InChI=1S/C23H39N9O11/c1-10(33)19(23(42)43)32-22(41)13(4-7-16(27)36)31-21(40)12(3-6-15(26)35)30-20(39)11(2-5-14(25)34)29-18(38)9-28-17(37)8-24/h10-13,19,33H,2-9,24H2,1H3,(H2,25,34)(H2,26,35)(H2,27,36)(H,28,37)(H,29,38)(H,30,39)(H,31,40)(H,32,41)(H,42,43)/t10-,11+,12+,13+,19+/m1/s1. The van der Waals surface area contributed by atoms with Gasteiger partial charge in [0.15, 0.2) is 6.04 Å². The first-order valence-corrected chi connectivity index (χ1v) is 12.9. The molecule has 0 aromatic carbocycles. The Hall–Kier alpha value is -4.85. The molecule has 0 spiro atoms. The molecule has 43 heavy (non-hydrogen) atoms. The van der Waals surface area contributed by atoms with Crippen LogP contribution in [0.15, 0.2) is 0 Å². The molecule has 15 N–H and O–H groups in total. The second kappa shape index (κ2) is 19.3. The molecule has 0 saturated carbocycles. The Morgan fingerprint density at radius 2 is 1.00 bits per heavy atom. The van der Waals surface area contributed by atoms with Crippen LogP contribution in [0.2, 0.25) is 0 Å². The highest BCUT2D eigenvalue weighted by molar-refractivity contribution is 5.96. The first-order chi connectivity index (χ1) is 20.0. The van der Waals surface area contributed by atoms with Crippen molar-refractivity contribution >= 4 is 53.2 Å². The number of aliphatic carboxylic acids is 1. The Labute approximate surface area is 245 Å². The van der Waals surface area contributed by atoms with Gasteiger partial charge in [-0.3, -0.25) is 38.4 Å². The molecular weight excluding hydrogens is 578 g/mol. The number of nitrogens with one attached hydrogen (secondary N) is 5. The van der Waals surface area contributed by atoms with Crippen LogP contribution in [0.4, 0.5) is 0 Å². The van der Waals surface area contributed by atoms with Crippen molar-refractivity contribution in [1.29, 1.82) is 0 Å². The van der Waals surface area contributed by atoms with E-state index in [1.165, 1.54) is 0 Å². The van der Waals surface area contributed by atoms with E-state index in [4.69, 9.17) is 22.9 Å². The van der Waals surface area contributed by atoms with E-state index in [0.717, 1.165) is 6.92 Å². The number of carbonyl (C=O) groups is 9. The lowest BCUT2D eigenvalue weighted by molar-refractivity contribution is -0.145. The fourth-order valence-electron chi connectivity index (χ4n) is 3.35. The van der Waals surface area contributed by atoms with Crippen LogP contribution in [-0.4, -0.2) is 107 Å². The van der Waals surface area contributed by atoms with Gasteiger partial charge in [0.1, 0.15) is 18.1 Å². The number of carboxylic acids is 1. The summed E-state index contributed by atoms with van der Waals surface area (Å²) in [4.78, 5) is 108. The summed E-state index contributed by atoms with van der Waals surface area (Å²) in [6.45, 7) is 0.0947. The summed E-state index contributed by atoms with van der Waals surface area (Å²) in [5.74, 6) is -8.92. The minimum Gasteiger partial charge on any atom is -0.480 e. The Morgan fingerprint density at radius 3 is 1.33 bits per heavy atom. The van der Waals surface area contributed by atoms with Gasteiger partial charge in [0.25, 0.3) is 0 Å². The molecule has 0 bridgehead atoms. The molecule has 242 valence electrons. The summed E-state index contributed by atoms with van der Waals surface area (Å²) in [5.41, 5.74) is 20.6. The highest BCUT2D eigenvalue weighted by atomic mass is 16.4. The van der Waals surface area contributed by atoms with E-state index >= 15 is 0 Å². The number of carbonyl (C=O) groups excluding carboxylic acids is 8. The summed E-state index contributed by atoms with van der Waals surface area (Å²) in [7, 11) is 0. The molecule has 0 radical (unpaired) electrons. The highest BCUT2D eigenvalue weighted by Gasteiger charge is 2.33. The van der Waals surface area contributed by atoms with Gasteiger partial charge in [-0.25, -0.2) is 4.79 Å². The number of aliphatic hydroxyl groups excluding tert-OH is 1. The second-order valence-electron chi connectivity index (χ2n) is 9.30. The lowest BCUT2D eigenvalue weighted by Gasteiger charge is -2.26. The van der Waals surface area contributed by atoms with E-state index in [1.54, 1.807) is 0 Å². The molecule has 0 fully saturated rings. The maximum atomic E-state index is 13.2. The summed E-state index contributed by atoms with van der Waals surface area (Å²) in [6.07, 6.45) is -3.97. The summed E-state index contributed by atoms with van der Waals surface area (Å²) in [5, 5.41) is 29.9. The average Bonchev–Trinajstić information content (AvgIpc) is 2.91. The van der Waals surface area contributed by atoms with Crippen LogP contribution in [0.25, 0.3) is 0 Å². The molecule has 0 unspecified atom stereocenters. The minimum atomic E-state index is -1.78. The Bertz CT molecular complexity index is 1070. The molecule has 20 nitrogen and oxygen atoms in total. The normalized spacial score (nSPS) is 14.0. The molecule has 8 amide bonds. The zero-order chi connectivity index (χ0) is 33.3. The van der Waals surface area contributed by atoms with E-state index < -0.39 is 122 Å². The number of nitrogens with two attached hydrogens (primary N) is 4. The number of carboxylic acid groups (broad SMARTS) is 1. The first-order valence-electron chi connectivity index (χ1n) is 12.9. The third-order valence-electron chi connectivity index (χ3n) is 5.63. The predicted molar refractivity (Wildman–Crippen MR) is 144 cm³/mol. The van der Waals surface area contributed by atoms with Crippen LogP contribution in [0.3, 0.4) is 0 Å². The molecule has 0 rings (SSSR count). The molecule has 0 heterocycles. The molecule has 0 saturated heterocycles. The van der Waals surface area contributed by atoms with Gasteiger partial charge in [-0.2, -0.15) is 0 Å². The van der Waals surface area contributed by atoms with Crippen LogP contribution in [0, 0.1) is 0 Å². The predicted octanol–water partition coefficient (Wildman–Crippen LogP) is -6.74. The van der Waals surface area contributed by atoms with Crippen molar-refractivity contribution in [2.45, 2.75) is 75.7 Å². The average molecular weight is 618 g/mol. The lowest BCUT2D eigenvalue weighted by Crippen LogP contribution is -2.59. The SMILES string of the molecule is C[C@@H](O)[C@H](NC(=O)[C@H](CCC(N)=O)NC(=O)[C@H](CCC(N)=O)NC(=O)[C@H](CCC(N)=O)NC(=O)CNC(=O)CN)C(=O)O. The smallest absolute Gasteiger partial charge is 0.328 e. The van der Waals surface area contributed by atoms with Crippen LogP contribution in [0.5, 0.6) is 0 Å². The van der Waals surface area contributed by atoms with Crippen LogP contribution < -0.4 is 49.5 Å². The van der Waals surface area contributed by atoms with E-state index in [1.807, 2.05) is 5.32 Å². The van der Waals surface area contributed by atoms with Gasteiger partial charge in [0.05, 0.1) is 19.2 Å². The lowest BCUT2D eigenvalue weighted by atomic mass is 10.0. The largest absolute Gasteiger partial charge is 0.480 e. The van der Waals surface area contributed by atoms with Crippen molar-refractivity contribution in [3.05, 3.63) is 0 Å². The van der Waals surface area contributed by atoms with Crippen molar-refractivity contribution in [3.8, 4) is 0 Å².